The lowest BCUT2D eigenvalue weighted by Gasteiger charge is -2.31. The van der Waals surface area contributed by atoms with Crippen molar-refractivity contribution in [3.05, 3.63) is 64.8 Å². The third-order valence-corrected chi connectivity index (χ3v) is 5.64. The molecule has 0 aliphatic heterocycles. The molecule has 1 N–H and O–H groups in total. The fourth-order valence-corrected chi connectivity index (χ4v) is 4.01. The molecule has 0 unspecified atom stereocenters. The van der Waals surface area contributed by atoms with Crippen LogP contribution in [0.3, 0.4) is 0 Å². The van der Waals surface area contributed by atoms with Crippen LogP contribution in [0.1, 0.15) is 15.9 Å². The molecule has 1 aromatic heterocycles. The maximum absolute atomic E-state index is 14.4. The minimum Gasteiger partial charge on any atom is -0.320 e. The first-order chi connectivity index (χ1) is 15.9. The molecule has 1 amide bonds. The van der Waals surface area contributed by atoms with E-state index in [-0.39, 0.29) is 17.7 Å². The van der Waals surface area contributed by atoms with E-state index in [0.29, 0.717) is 10.9 Å². The van der Waals surface area contributed by atoms with Gasteiger partial charge in [0.15, 0.2) is 0 Å². The largest absolute Gasteiger partial charge is 0.446 e. The molecule has 0 aliphatic carbocycles. The van der Waals surface area contributed by atoms with Crippen LogP contribution in [-0.2, 0) is 5.67 Å². The molecule has 0 atom stereocenters. The van der Waals surface area contributed by atoms with Gasteiger partial charge in [-0.15, -0.1) is 0 Å². The average Bonchev–Trinajstić information content (AvgIpc) is 2.72. The number of hydrogen-bond donors (Lipinski definition) is 1. The summed E-state index contributed by atoms with van der Waals surface area (Å²) in [5.41, 5.74) is -14.3. The highest BCUT2D eigenvalue weighted by molar-refractivity contribution is 8.00. The Labute approximate surface area is 198 Å². The van der Waals surface area contributed by atoms with Crippen molar-refractivity contribution in [2.45, 2.75) is 28.4 Å². The maximum Gasteiger partial charge on any atom is 0.446 e. The summed E-state index contributed by atoms with van der Waals surface area (Å²) in [6.45, 7) is 0. The van der Waals surface area contributed by atoms with Crippen LogP contribution in [0.4, 0.5) is 49.6 Å². The van der Waals surface area contributed by atoms with Gasteiger partial charge in [-0.25, -0.2) is 4.39 Å². The molecule has 0 saturated carbocycles. The highest BCUT2D eigenvalue weighted by atomic mass is 35.5. The van der Waals surface area contributed by atoms with Crippen LogP contribution < -0.4 is 5.32 Å². The first kappa shape index (κ1) is 26.9. The lowest BCUT2D eigenvalue weighted by molar-refractivity contribution is -0.348. The molecular weight excluding hydrogens is 542 g/mol. The summed E-state index contributed by atoms with van der Waals surface area (Å²) in [7, 11) is 0. The number of hydrogen-bond acceptors (Lipinski definition) is 3. The molecule has 0 radical (unpaired) electrons. The van der Waals surface area contributed by atoms with Crippen LogP contribution in [-0.4, -0.2) is 28.8 Å². The fraction of sp³-hybridized carbons (Fsp3) is 0.200. The number of anilines is 1. The lowest BCUT2D eigenvalue weighted by atomic mass is 9.94. The molecule has 0 bridgehead atoms. The minimum absolute atomic E-state index is 0.138. The van der Waals surface area contributed by atoms with Gasteiger partial charge < -0.3 is 5.32 Å². The van der Waals surface area contributed by atoms with Crippen molar-refractivity contribution in [1.29, 1.82) is 0 Å². The molecule has 0 spiro atoms. The first-order valence-corrected chi connectivity index (χ1v) is 10.2. The van der Waals surface area contributed by atoms with E-state index in [1.807, 2.05) is 5.32 Å². The molecule has 3 nitrogen and oxygen atoms in total. The Morgan fingerprint density at radius 3 is 2.09 bits per heavy atom. The molecule has 0 fully saturated rings. The molecule has 188 valence electrons. The van der Waals surface area contributed by atoms with E-state index in [2.05, 4.69) is 4.98 Å². The highest BCUT2D eigenvalue weighted by Gasteiger charge is 2.73. The third kappa shape index (κ3) is 5.42. The summed E-state index contributed by atoms with van der Waals surface area (Å²) in [4.78, 5) is 15.2. The van der Waals surface area contributed by atoms with Gasteiger partial charge in [0.05, 0.1) is 16.2 Å². The number of fused-ring (bicyclic) bond motifs is 1. The second-order valence-corrected chi connectivity index (χ2v) is 8.41. The zero-order valence-electron chi connectivity index (χ0n) is 16.5. The summed E-state index contributed by atoms with van der Waals surface area (Å²) in [5, 5.41) is 1.35. The second kappa shape index (κ2) is 9.04. The van der Waals surface area contributed by atoms with Crippen LogP contribution >= 0.6 is 23.4 Å². The van der Waals surface area contributed by atoms with E-state index in [1.165, 1.54) is 24.4 Å². The van der Waals surface area contributed by atoms with E-state index in [9.17, 15) is 48.7 Å². The number of aromatic nitrogens is 1. The number of halogens is 11. The number of benzene rings is 2. The fourth-order valence-electron chi connectivity index (χ4n) is 2.99. The van der Waals surface area contributed by atoms with Gasteiger partial charge in [-0.1, -0.05) is 23.7 Å². The number of alkyl halides is 10. The molecule has 35 heavy (non-hydrogen) atoms. The Kier molecular flexibility index (Phi) is 6.94. The van der Waals surface area contributed by atoms with E-state index in [4.69, 9.17) is 11.6 Å². The lowest BCUT2D eigenvalue weighted by Crippen LogP contribution is -2.50. The molecular formula is C20H9ClF10N2OS. The predicted octanol–water partition coefficient (Wildman–Crippen LogP) is 8.04. The molecule has 3 aromatic rings. The quantitative estimate of drug-likeness (QED) is 0.264. The topological polar surface area (TPSA) is 42.0 Å². The molecule has 15 heteroatoms. The summed E-state index contributed by atoms with van der Waals surface area (Å²) in [6, 6.07) is 6.72. The van der Waals surface area contributed by atoms with Gasteiger partial charge in [-0.2, -0.15) is 39.5 Å². The highest BCUT2D eigenvalue weighted by Crippen LogP contribution is 2.55. The number of carbonyl (C=O) groups is 1. The van der Waals surface area contributed by atoms with Gasteiger partial charge in [0.1, 0.15) is 0 Å². The van der Waals surface area contributed by atoms with Crippen LogP contribution in [0.2, 0.25) is 5.02 Å². The van der Waals surface area contributed by atoms with E-state index >= 15 is 0 Å². The van der Waals surface area contributed by atoms with Gasteiger partial charge in [0.25, 0.3) is 5.91 Å². The summed E-state index contributed by atoms with van der Waals surface area (Å²) in [5.74, 6) is -1.10. The molecule has 1 heterocycles. The van der Waals surface area contributed by atoms with Crippen LogP contribution in [0, 0.1) is 0 Å². The Balaban J connectivity index is 2.12. The minimum atomic E-state index is -6.59. The number of carbonyl (C=O) groups excluding carboxylic acids is 1. The van der Waals surface area contributed by atoms with Crippen molar-refractivity contribution >= 4 is 45.9 Å². The Hall–Kier alpha value is -2.74. The van der Waals surface area contributed by atoms with Crippen molar-refractivity contribution in [3.63, 3.8) is 0 Å². The molecule has 2 aromatic carbocycles. The SMILES string of the molecule is O=C(Nc1c(Cl)cc(C(F)(C(F)(F)F)C(F)(F)F)cc1SC(F)(F)F)c1ccc2cccnc2c1. The van der Waals surface area contributed by atoms with Crippen LogP contribution in [0.5, 0.6) is 0 Å². The van der Waals surface area contributed by atoms with Crippen molar-refractivity contribution in [1.82, 2.24) is 4.98 Å². The van der Waals surface area contributed by atoms with Gasteiger partial charge in [0.2, 0.25) is 0 Å². The van der Waals surface area contributed by atoms with E-state index in [1.54, 1.807) is 12.1 Å². The number of nitrogens with one attached hydrogen (secondary N) is 1. The zero-order valence-corrected chi connectivity index (χ0v) is 18.1. The second-order valence-electron chi connectivity index (χ2n) is 6.90. The number of amides is 1. The first-order valence-electron chi connectivity index (χ1n) is 9.02. The Morgan fingerprint density at radius 2 is 1.51 bits per heavy atom. The van der Waals surface area contributed by atoms with Crippen molar-refractivity contribution < 1.29 is 48.7 Å². The Morgan fingerprint density at radius 1 is 0.886 bits per heavy atom. The molecule has 0 saturated heterocycles. The number of rotatable bonds is 4. The summed E-state index contributed by atoms with van der Waals surface area (Å²) < 4.78 is 132. The summed E-state index contributed by atoms with van der Waals surface area (Å²) >= 11 is 4.51. The van der Waals surface area contributed by atoms with Crippen LogP contribution in [0.15, 0.2) is 53.6 Å². The summed E-state index contributed by atoms with van der Waals surface area (Å²) in [6.07, 6.45) is -11.8. The number of thioether (sulfide) groups is 1. The monoisotopic (exact) mass is 550 g/mol. The normalized spacial score (nSPS) is 13.2. The average molecular weight is 551 g/mol. The zero-order chi connectivity index (χ0) is 26.4. The van der Waals surface area contributed by atoms with Crippen molar-refractivity contribution in [2.75, 3.05) is 5.32 Å². The van der Waals surface area contributed by atoms with E-state index < -0.39 is 62.4 Å². The predicted molar refractivity (Wildman–Crippen MR) is 108 cm³/mol. The van der Waals surface area contributed by atoms with Crippen molar-refractivity contribution in [2.24, 2.45) is 0 Å². The van der Waals surface area contributed by atoms with Gasteiger partial charge in [0, 0.05) is 27.6 Å². The van der Waals surface area contributed by atoms with Crippen molar-refractivity contribution in [3.8, 4) is 0 Å². The van der Waals surface area contributed by atoms with Crippen LogP contribution in [0.25, 0.3) is 10.9 Å². The number of nitrogens with zero attached hydrogens (tertiary/aromatic N) is 1. The third-order valence-electron chi connectivity index (χ3n) is 4.57. The Bertz CT molecular complexity index is 1260. The standard InChI is InChI=1S/C20H9ClF10N2OS/c21-12-7-11(17(22,18(23,24)25)19(26,27)28)8-14(35-20(29,30)31)15(12)33-16(34)10-4-3-9-2-1-5-32-13(9)6-10/h1-8H,(H,33,34). The molecule has 0 aliphatic rings. The van der Waals surface area contributed by atoms with Gasteiger partial charge in [-0.3, -0.25) is 9.78 Å². The molecule has 3 rings (SSSR count). The smallest absolute Gasteiger partial charge is 0.320 e. The number of pyridine rings is 1. The maximum atomic E-state index is 14.4. The van der Waals surface area contributed by atoms with Gasteiger partial charge in [-0.05, 0) is 42.1 Å². The van der Waals surface area contributed by atoms with E-state index in [0.717, 1.165) is 0 Å². The van der Waals surface area contributed by atoms with Gasteiger partial charge >= 0.3 is 23.5 Å².